The lowest BCUT2D eigenvalue weighted by Crippen LogP contribution is -2.51. The van der Waals surface area contributed by atoms with E-state index in [0.717, 1.165) is 62.2 Å². The summed E-state index contributed by atoms with van der Waals surface area (Å²) in [6, 6.07) is 15.4. The van der Waals surface area contributed by atoms with Crippen LogP contribution < -0.4 is 10.1 Å². The Balaban J connectivity index is 1.51. The van der Waals surface area contributed by atoms with Gasteiger partial charge >= 0.3 is 0 Å². The van der Waals surface area contributed by atoms with Gasteiger partial charge in [-0.3, -0.25) is 14.5 Å². The zero-order valence-electron chi connectivity index (χ0n) is 21.9. The molecule has 198 valence electrons. The fraction of sp³-hybridized carbons (Fsp3) is 0.533. The number of carbonyl (C=O) groups is 2. The third-order valence-electron chi connectivity index (χ3n) is 7.97. The van der Waals surface area contributed by atoms with E-state index in [1.54, 1.807) is 0 Å². The summed E-state index contributed by atoms with van der Waals surface area (Å²) in [5.74, 6) is 0.321. The van der Waals surface area contributed by atoms with Crippen LogP contribution in [-0.2, 0) is 9.53 Å². The molecule has 7 nitrogen and oxygen atoms in total. The summed E-state index contributed by atoms with van der Waals surface area (Å²) in [5, 5.41) is 3.37. The van der Waals surface area contributed by atoms with Gasteiger partial charge in [-0.2, -0.15) is 0 Å². The molecule has 1 saturated heterocycles. The van der Waals surface area contributed by atoms with Gasteiger partial charge in [0.05, 0.1) is 31.8 Å². The highest BCUT2D eigenvalue weighted by Crippen LogP contribution is 2.43. The first-order valence-corrected chi connectivity index (χ1v) is 13.9. The summed E-state index contributed by atoms with van der Waals surface area (Å²) in [7, 11) is 0. The van der Waals surface area contributed by atoms with E-state index in [-0.39, 0.29) is 23.9 Å². The summed E-state index contributed by atoms with van der Waals surface area (Å²) < 4.78 is 11.2. The summed E-state index contributed by atoms with van der Waals surface area (Å²) in [5.41, 5.74) is 2.41. The van der Waals surface area contributed by atoms with Gasteiger partial charge < -0.3 is 19.7 Å². The molecule has 1 saturated carbocycles. The van der Waals surface area contributed by atoms with Gasteiger partial charge in [-0.05, 0) is 49.1 Å². The molecule has 0 radical (unpaired) electrons. The van der Waals surface area contributed by atoms with Crippen molar-refractivity contribution in [1.29, 1.82) is 0 Å². The van der Waals surface area contributed by atoms with Crippen molar-refractivity contribution in [1.82, 2.24) is 15.1 Å². The van der Waals surface area contributed by atoms with Crippen molar-refractivity contribution in [3.05, 3.63) is 65.2 Å². The summed E-state index contributed by atoms with van der Waals surface area (Å²) in [6.45, 7) is 7.00. The molecule has 2 fully saturated rings. The normalized spacial score (nSPS) is 22.9. The predicted molar refractivity (Wildman–Crippen MR) is 143 cm³/mol. The minimum absolute atomic E-state index is 0.00976. The van der Waals surface area contributed by atoms with Crippen LogP contribution in [0, 0.1) is 0 Å². The van der Waals surface area contributed by atoms with Crippen LogP contribution in [0.3, 0.4) is 0 Å². The van der Waals surface area contributed by atoms with Crippen LogP contribution in [0.4, 0.5) is 0 Å². The molecule has 3 aliphatic rings. The van der Waals surface area contributed by atoms with E-state index in [9.17, 15) is 9.59 Å². The highest BCUT2D eigenvalue weighted by molar-refractivity contribution is 6.01. The van der Waals surface area contributed by atoms with Crippen molar-refractivity contribution in [2.75, 3.05) is 46.0 Å². The van der Waals surface area contributed by atoms with Crippen LogP contribution in [0.15, 0.2) is 48.5 Å². The third kappa shape index (κ3) is 5.83. The topological polar surface area (TPSA) is 71.1 Å². The van der Waals surface area contributed by atoms with Gasteiger partial charge in [0.2, 0.25) is 5.91 Å². The Labute approximate surface area is 220 Å². The number of ether oxygens (including phenoxy) is 2. The number of rotatable bonds is 8. The van der Waals surface area contributed by atoms with E-state index >= 15 is 0 Å². The molecule has 5 rings (SSSR count). The molecule has 2 aromatic carbocycles. The van der Waals surface area contributed by atoms with E-state index in [1.165, 1.54) is 6.42 Å². The minimum Gasteiger partial charge on any atom is -0.494 e. The minimum atomic E-state index is -0.474. The highest BCUT2D eigenvalue weighted by atomic mass is 16.5. The van der Waals surface area contributed by atoms with Crippen LogP contribution in [0.5, 0.6) is 5.75 Å². The van der Waals surface area contributed by atoms with Gasteiger partial charge in [-0.1, -0.05) is 49.6 Å². The molecule has 1 aliphatic carbocycles. The van der Waals surface area contributed by atoms with Gasteiger partial charge in [-0.25, -0.2) is 0 Å². The Morgan fingerprint density at radius 2 is 1.73 bits per heavy atom. The molecule has 2 heterocycles. The van der Waals surface area contributed by atoms with Gasteiger partial charge in [0.25, 0.3) is 5.91 Å². The van der Waals surface area contributed by atoms with Crippen LogP contribution >= 0.6 is 0 Å². The maximum absolute atomic E-state index is 14.0. The zero-order chi connectivity index (χ0) is 25.6. The third-order valence-corrected chi connectivity index (χ3v) is 7.97. The first-order valence-electron chi connectivity index (χ1n) is 13.9. The number of carbonyl (C=O) groups excluding carboxylic acids is 2. The highest BCUT2D eigenvalue weighted by Gasteiger charge is 2.44. The predicted octanol–water partition coefficient (Wildman–Crippen LogP) is 4.15. The van der Waals surface area contributed by atoms with Crippen LogP contribution in [0.1, 0.15) is 72.5 Å². The molecule has 2 aliphatic heterocycles. The van der Waals surface area contributed by atoms with Crippen LogP contribution in [0.2, 0.25) is 0 Å². The second kappa shape index (κ2) is 12.1. The Morgan fingerprint density at radius 3 is 2.46 bits per heavy atom. The molecule has 1 N–H and O–H groups in total. The second-order valence-electron chi connectivity index (χ2n) is 10.3. The Kier molecular flexibility index (Phi) is 8.41. The van der Waals surface area contributed by atoms with Gasteiger partial charge in [0.1, 0.15) is 5.75 Å². The molecule has 0 spiro atoms. The van der Waals surface area contributed by atoms with Crippen molar-refractivity contribution < 1.29 is 19.1 Å². The quantitative estimate of drug-likeness (QED) is 0.584. The van der Waals surface area contributed by atoms with E-state index < -0.39 is 5.92 Å². The van der Waals surface area contributed by atoms with Crippen molar-refractivity contribution in [3.63, 3.8) is 0 Å². The second-order valence-corrected chi connectivity index (χ2v) is 10.3. The number of fused-ring (bicyclic) bond motifs is 1. The number of benzene rings is 2. The Morgan fingerprint density at radius 1 is 1.00 bits per heavy atom. The lowest BCUT2D eigenvalue weighted by molar-refractivity contribution is -0.125. The number of nitrogens with one attached hydrogen (secondary N) is 1. The van der Waals surface area contributed by atoms with E-state index in [1.807, 2.05) is 60.4 Å². The lowest BCUT2D eigenvalue weighted by Gasteiger charge is -2.43. The average Bonchev–Trinajstić information content (AvgIpc) is 2.94. The van der Waals surface area contributed by atoms with Gasteiger partial charge in [-0.15, -0.1) is 0 Å². The zero-order valence-corrected chi connectivity index (χ0v) is 21.9. The molecule has 37 heavy (non-hydrogen) atoms. The molecular weight excluding hydrogens is 466 g/mol. The molecule has 0 bridgehead atoms. The van der Waals surface area contributed by atoms with Crippen molar-refractivity contribution >= 4 is 11.8 Å². The van der Waals surface area contributed by atoms with Crippen LogP contribution in [-0.4, -0.2) is 73.7 Å². The first kappa shape index (κ1) is 25.7. The van der Waals surface area contributed by atoms with Crippen molar-refractivity contribution in [3.8, 4) is 5.75 Å². The fourth-order valence-electron chi connectivity index (χ4n) is 6.03. The van der Waals surface area contributed by atoms with Crippen molar-refractivity contribution in [2.45, 2.75) is 57.0 Å². The Bertz CT molecular complexity index is 1060. The monoisotopic (exact) mass is 505 g/mol. The number of nitrogens with zero attached hydrogens (tertiary/aromatic N) is 2. The standard InChI is InChI=1S/C30H39N3O4/c1-2-37-24-14-12-22(13-15-24)28-27(29(34)31-23-8-4-3-5-9-23)25-10-6-7-11-26(25)30(35)33(28)17-16-32-18-20-36-21-19-32/h6-7,10-15,23,27-28H,2-5,8-9,16-21H2,1H3,(H,31,34). The smallest absolute Gasteiger partial charge is 0.254 e. The summed E-state index contributed by atoms with van der Waals surface area (Å²) >= 11 is 0. The number of hydrogen-bond acceptors (Lipinski definition) is 5. The average molecular weight is 506 g/mol. The number of amides is 2. The maximum Gasteiger partial charge on any atom is 0.254 e. The van der Waals surface area contributed by atoms with Crippen LogP contribution in [0.25, 0.3) is 0 Å². The molecule has 2 amide bonds. The van der Waals surface area contributed by atoms with E-state index in [0.29, 0.717) is 31.9 Å². The van der Waals surface area contributed by atoms with Gasteiger partial charge in [0, 0.05) is 37.8 Å². The molecule has 2 unspecified atom stereocenters. The Hall–Kier alpha value is -2.90. The molecular formula is C30H39N3O4. The maximum atomic E-state index is 14.0. The van der Waals surface area contributed by atoms with Gasteiger partial charge in [0.15, 0.2) is 0 Å². The first-order chi connectivity index (χ1) is 18.2. The lowest BCUT2D eigenvalue weighted by atomic mass is 9.78. The molecule has 2 atom stereocenters. The number of hydrogen-bond donors (Lipinski definition) is 1. The molecule has 0 aromatic heterocycles. The fourth-order valence-corrected chi connectivity index (χ4v) is 6.03. The molecule has 2 aromatic rings. The molecule has 7 heteroatoms. The van der Waals surface area contributed by atoms with E-state index in [4.69, 9.17) is 9.47 Å². The largest absolute Gasteiger partial charge is 0.494 e. The SMILES string of the molecule is CCOc1ccc(C2C(C(=O)NC3CCCCC3)c3ccccc3C(=O)N2CCN2CCOCC2)cc1. The summed E-state index contributed by atoms with van der Waals surface area (Å²) in [4.78, 5) is 32.2. The summed E-state index contributed by atoms with van der Waals surface area (Å²) in [6.07, 6.45) is 5.58. The van der Waals surface area contributed by atoms with Crippen molar-refractivity contribution in [2.24, 2.45) is 0 Å². The van der Waals surface area contributed by atoms with E-state index in [2.05, 4.69) is 10.2 Å². The number of morpholine rings is 1.